The third kappa shape index (κ3) is 7.87. The zero-order valence-electron chi connectivity index (χ0n) is 20.7. The minimum atomic E-state index is -0.654. The van der Waals surface area contributed by atoms with Crippen LogP contribution in [0.25, 0.3) is 5.70 Å². The number of allylic oxidation sites excluding steroid dienone is 1. The first kappa shape index (κ1) is 26.3. The lowest BCUT2D eigenvalue weighted by Gasteiger charge is -2.33. The van der Waals surface area contributed by atoms with Crippen molar-refractivity contribution < 1.29 is 13.9 Å². The van der Waals surface area contributed by atoms with Crippen LogP contribution in [0.4, 0.5) is 10.2 Å². The highest BCUT2D eigenvalue weighted by Gasteiger charge is 2.24. The van der Waals surface area contributed by atoms with Crippen molar-refractivity contribution in [2.24, 2.45) is 10.9 Å². The van der Waals surface area contributed by atoms with Gasteiger partial charge in [-0.2, -0.15) is 0 Å². The van der Waals surface area contributed by atoms with E-state index in [1.54, 1.807) is 6.20 Å². The number of pyridine rings is 1. The second-order valence-electron chi connectivity index (χ2n) is 9.74. The second kappa shape index (κ2) is 13.5. The lowest BCUT2D eigenvalue weighted by molar-refractivity contribution is -0.0499. The van der Waals surface area contributed by atoms with E-state index < -0.39 is 6.67 Å². The number of aromatic nitrogens is 1. The van der Waals surface area contributed by atoms with Crippen LogP contribution in [-0.2, 0) is 9.47 Å². The van der Waals surface area contributed by atoms with Crippen molar-refractivity contribution in [3.8, 4) is 0 Å². The lowest BCUT2D eigenvalue weighted by Crippen LogP contribution is -2.44. The number of alkyl halides is 1. The molecular formula is C26H39ClFN5O2. The van der Waals surface area contributed by atoms with Gasteiger partial charge in [0.1, 0.15) is 18.3 Å². The number of halogens is 2. The van der Waals surface area contributed by atoms with Gasteiger partial charge in [-0.3, -0.25) is 4.99 Å². The van der Waals surface area contributed by atoms with Crippen LogP contribution in [-0.4, -0.2) is 68.6 Å². The minimum Gasteiger partial charge on any atom is -0.381 e. The van der Waals surface area contributed by atoms with Gasteiger partial charge >= 0.3 is 0 Å². The molecule has 0 aromatic carbocycles. The molecule has 1 aromatic heterocycles. The van der Waals surface area contributed by atoms with E-state index in [0.717, 1.165) is 82.0 Å². The molecule has 9 heteroatoms. The number of nitrogens with one attached hydrogen (secondary N) is 3. The van der Waals surface area contributed by atoms with E-state index in [4.69, 9.17) is 21.1 Å². The number of nitrogens with zero attached hydrogens (tertiary/aromatic N) is 2. The van der Waals surface area contributed by atoms with Crippen LogP contribution >= 0.6 is 11.6 Å². The fourth-order valence-electron chi connectivity index (χ4n) is 4.85. The van der Waals surface area contributed by atoms with Crippen molar-refractivity contribution in [3.63, 3.8) is 0 Å². The first-order chi connectivity index (χ1) is 17.1. The molecule has 0 bridgehead atoms. The van der Waals surface area contributed by atoms with Gasteiger partial charge in [0.15, 0.2) is 0 Å². The van der Waals surface area contributed by atoms with Crippen molar-refractivity contribution in [3.05, 3.63) is 28.9 Å². The number of amidine groups is 1. The molecule has 1 aliphatic carbocycles. The molecule has 3 heterocycles. The molecule has 35 heavy (non-hydrogen) atoms. The van der Waals surface area contributed by atoms with E-state index in [1.165, 1.54) is 6.42 Å². The van der Waals surface area contributed by atoms with Crippen molar-refractivity contribution >= 4 is 29.0 Å². The SMILES string of the molecule is CC=C(NC(CF)=NCC1CCOCC1)c1cc(NC2CCC(NCC3CCO3)CC2)ncc1Cl. The van der Waals surface area contributed by atoms with Gasteiger partial charge in [-0.25, -0.2) is 9.37 Å². The molecule has 2 aliphatic heterocycles. The summed E-state index contributed by atoms with van der Waals surface area (Å²) in [6, 6.07) is 2.88. The fourth-order valence-corrected chi connectivity index (χ4v) is 5.06. The van der Waals surface area contributed by atoms with Gasteiger partial charge in [0.2, 0.25) is 0 Å². The number of ether oxygens (including phenoxy) is 2. The predicted molar refractivity (Wildman–Crippen MR) is 140 cm³/mol. The maximum atomic E-state index is 13.8. The van der Waals surface area contributed by atoms with Crippen LogP contribution < -0.4 is 16.0 Å². The van der Waals surface area contributed by atoms with Crippen molar-refractivity contribution in [1.82, 2.24) is 15.6 Å². The Bertz CT molecular complexity index is 865. The van der Waals surface area contributed by atoms with Gasteiger partial charge in [0, 0.05) is 62.5 Å². The molecule has 1 saturated carbocycles. The Morgan fingerprint density at radius 3 is 2.54 bits per heavy atom. The van der Waals surface area contributed by atoms with E-state index in [9.17, 15) is 4.39 Å². The third-order valence-corrected chi connectivity index (χ3v) is 7.53. The quantitative estimate of drug-likeness (QED) is 0.318. The Morgan fingerprint density at radius 2 is 1.89 bits per heavy atom. The number of hydrogen-bond acceptors (Lipinski definition) is 6. The number of hydrogen-bond donors (Lipinski definition) is 3. The van der Waals surface area contributed by atoms with E-state index in [1.807, 2.05) is 19.1 Å². The molecule has 4 rings (SSSR count). The smallest absolute Gasteiger partial charge is 0.147 e. The Balaban J connectivity index is 1.31. The largest absolute Gasteiger partial charge is 0.381 e. The monoisotopic (exact) mass is 507 g/mol. The molecule has 194 valence electrons. The van der Waals surface area contributed by atoms with Gasteiger partial charge in [0.25, 0.3) is 0 Å². The lowest BCUT2D eigenvalue weighted by atomic mass is 9.91. The average molecular weight is 508 g/mol. The first-order valence-corrected chi connectivity index (χ1v) is 13.4. The van der Waals surface area contributed by atoms with E-state index in [-0.39, 0.29) is 0 Å². The number of rotatable bonds is 10. The van der Waals surface area contributed by atoms with E-state index in [0.29, 0.717) is 41.5 Å². The predicted octanol–water partition coefficient (Wildman–Crippen LogP) is 4.58. The van der Waals surface area contributed by atoms with Crippen LogP contribution in [0.2, 0.25) is 5.02 Å². The molecular weight excluding hydrogens is 469 g/mol. The summed E-state index contributed by atoms with van der Waals surface area (Å²) >= 11 is 6.50. The molecule has 0 radical (unpaired) electrons. The van der Waals surface area contributed by atoms with Gasteiger partial charge in [-0.05, 0) is 63.9 Å². The summed E-state index contributed by atoms with van der Waals surface area (Å²) in [4.78, 5) is 9.01. The van der Waals surface area contributed by atoms with Crippen LogP contribution in [0.1, 0.15) is 57.4 Å². The average Bonchev–Trinajstić information content (AvgIpc) is 2.86. The van der Waals surface area contributed by atoms with Gasteiger partial charge in [-0.1, -0.05) is 17.7 Å². The van der Waals surface area contributed by atoms with E-state index >= 15 is 0 Å². The number of anilines is 1. The molecule has 7 nitrogen and oxygen atoms in total. The molecule has 1 unspecified atom stereocenters. The summed E-state index contributed by atoms with van der Waals surface area (Å²) in [5.74, 6) is 1.55. The van der Waals surface area contributed by atoms with Gasteiger partial charge in [-0.15, -0.1) is 0 Å². The van der Waals surface area contributed by atoms with Gasteiger partial charge < -0.3 is 25.4 Å². The second-order valence-corrected chi connectivity index (χ2v) is 10.1. The molecule has 3 N–H and O–H groups in total. The highest BCUT2D eigenvalue weighted by molar-refractivity contribution is 6.32. The van der Waals surface area contributed by atoms with Crippen LogP contribution in [0.3, 0.4) is 0 Å². The Labute approximate surface area is 213 Å². The maximum Gasteiger partial charge on any atom is 0.147 e. The summed E-state index contributed by atoms with van der Waals surface area (Å²) in [6.07, 6.45) is 11.5. The summed E-state index contributed by atoms with van der Waals surface area (Å²) in [5.41, 5.74) is 1.52. The topological polar surface area (TPSA) is 79.8 Å². The Hall–Kier alpha value is -1.74. The molecule has 0 amide bonds. The third-order valence-electron chi connectivity index (χ3n) is 7.23. The van der Waals surface area contributed by atoms with Crippen molar-refractivity contribution in [2.45, 2.75) is 70.1 Å². The summed E-state index contributed by atoms with van der Waals surface area (Å²) in [5, 5.41) is 10.9. The maximum absolute atomic E-state index is 13.8. The molecule has 1 aromatic rings. The fraction of sp³-hybridized carbons (Fsp3) is 0.692. The zero-order chi connectivity index (χ0) is 24.5. The molecule has 3 aliphatic rings. The standard InChI is InChI=1S/C26H39ClFN5O2/c1-2-24(33-26(14-28)30-15-18-7-10-34-11-8-18)22-13-25(31-17-23(22)27)32-20-5-3-19(4-6-20)29-16-21-9-12-35-21/h2,13,17-21,29H,3-12,14-16H2,1H3,(H,30,33)(H,31,32). The van der Waals surface area contributed by atoms with Gasteiger partial charge in [0.05, 0.1) is 11.1 Å². The normalized spacial score (nSPS) is 26.3. The highest BCUT2D eigenvalue weighted by atomic mass is 35.5. The molecule has 0 spiro atoms. The van der Waals surface area contributed by atoms with Crippen molar-refractivity contribution in [2.75, 3.05) is 44.9 Å². The molecule has 2 saturated heterocycles. The zero-order valence-corrected chi connectivity index (χ0v) is 21.5. The van der Waals surface area contributed by atoms with Crippen LogP contribution in [0.5, 0.6) is 0 Å². The highest BCUT2D eigenvalue weighted by Crippen LogP contribution is 2.27. The molecule has 1 atom stereocenters. The minimum absolute atomic E-state index is 0.324. The Morgan fingerprint density at radius 1 is 1.14 bits per heavy atom. The van der Waals surface area contributed by atoms with Crippen molar-refractivity contribution in [1.29, 1.82) is 0 Å². The number of aliphatic imine (C=N–C) groups is 1. The Kier molecular flexibility index (Phi) is 10.2. The summed E-state index contributed by atoms with van der Waals surface area (Å²) in [7, 11) is 0. The summed E-state index contributed by atoms with van der Waals surface area (Å²) < 4.78 is 24.7. The van der Waals surface area contributed by atoms with Crippen LogP contribution in [0, 0.1) is 5.92 Å². The summed E-state index contributed by atoms with van der Waals surface area (Å²) in [6.45, 7) is 5.24. The molecule has 3 fully saturated rings. The van der Waals surface area contributed by atoms with Crippen LogP contribution in [0.15, 0.2) is 23.3 Å². The first-order valence-electron chi connectivity index (χ1n) is 13.0. The van der Waals surface area contributed by atoms with E-state index in [2.05, 4.69) is 25.9 Å².